The van der Waals surface area contributed by atoms with E-state index in [1.54, 1.807) is 18.7 Å². The summed E-state index contributed by atoms with van der Waals surface area (Å²) in [5.41, 5.74) is 0. The van der Waals surface area contributed by atoms with Crippen LogP contribution in [0.1, 0.15) is 33.6 Å². The molecule has 0 aliphatic rings. The van der Waals surface area contributed by atoms with Crippen molar-refractivity contribution in [1.29, 1.82) is 0 Å². The first kappa shape index (κ1) is 15.3. The molecule has 0 fully saturated rings. The summed E-state index contributed by atoms with van der Waals surface area (Å²) in [5, 5.41) is 2.63. The molecule has 0 aromatic carbocycles. The second-order valence-electron chi connectivity index (χ2n) is 3.50. The fourth-order valence-corrected chi connectivity index (χ4v) is 2.16. The molecule has 94 valence electrons. The van der Waals surface area contributed by atoms with Crippen LogP contribution in [-0.4, -0.2) is 36.0 Å². The lowest BCUT2D eigenvalue weighted by Gasteiger charge is -2.29. The van der Waals surface area contributed by atoms with Crippen molar-refractivity contribution >= 4 is 23.6 Å². The first-order valence-corrected chi connectivity index (χ1v) is 6.77. The summed E-state index contributed by atoms with van der Waals surface area (Å²) in [7, 11) is 0. The van der Waals surface area contributed by atoms with Crippen LogP contribution in [0.25, 0.3) is 0 Å². The maximum absolute atomic E-state index is 11.3. The molecule has 0 radical (unpaired) electrons. The Morgan fingerprint density at radius 1 is 1.25 bits per heavy atom. The molecule has 0 rings (SSSR count). The first-order chi connectivity index (χ1) is 7.55. The van der Waals surface area contributed by atoms with Crippen molar-refractivity contribution in [3.05, 3.63) is 0 Å². The lowest BCUT2D eigenvalue weighted by atomic mass is 10.0. The number of amides is 1. The van der Waals surface area contributed by atoms with Gasteiger partial charge in [0.15, 0.2) is 0 Å². The van der Waals surface area contributed by atoms with Crippen LogP contribution >= 0.6 is 11.8 Å². The fraction of sp³-hybridized carbons (Fsp3) is 0.818. The van der Waals surface area contributed by atoms with Gasteiger partial charge in [-0.1, -0.05) is 13.8 Å². The van der Waals surface area contributed by atoms with Gasteiger partial charge < -0.3 is 10.1 Å². The van der Waals surface area contributed by atoms with Crippen LogP contribution < -0.4 is 5.32 Å². The number of hydrogen-bond acceptors (Lipinski definition) is 4. The molecule has 0 bridgehead atoms. The minimum Gasteiger partial charge on any atom is -0.459 e. The number of esters is 1. The molecule has 16 heavy (non-hydrogen) atoms. The molecule has 0 atom stereocenters. The molecule has 5 heteroatoms. The van der Waals surface area contributed by atoms with Crippen LogP contribution in [-0.2, 0) is 14.3 Å². The average Bonchev–Trinajstić information content (AvgIpc) is 2.31. The topological polar surface area (TPSA) is 55.4 Å². The molecule has 1 N–H and O–H groups in total. The van der Waals surface area contributed by atoms with Crippen LogP contribution in [0.4, 0.5) is 0 Å². The van der Waals surface area contributed by atoms with Gasteiger partial charge in [0.25, 0.3) is 0 Å². The highest BCUT2D eigenvalue weighted by molar-refractivity contribution is 8.00. The summed E-state index contributed by atoms with van der Waals surface area (Å²) in [6, 6.07) is 0. The van der Waals surface area contributed by atoms with Crippen molar-refractivity contribution in [2.45, 2.75) is 38.4 Å². The summed E-state index contributed by atoms with van der Waals surface area (Å²) in [4.78, 5) is 22.4. The number of ether oxygens (including phenoxy) is 1. The Balaban J connectivity index is 4.21. The molecule has 0 aromatic heterocycles. The van der Waals surface area contributed by atoms with E-state index < -0.39 is 11.9 Å². The van der Waals surface area contributed by atoms with Crippen molar-refractivity contribution in [2.75, 3.05) is 19.4 Å². The maximum Gasteiger partial charge on any atom is 0.396 e. The van der Waals surface area contributed by atoms with E-state index in [2.05, 4.69) is 23.9 Å². The Morgan fingerprint density at radius 3 is 2.19 bits per heavy atom. The number of hydrogen-bond donors (Lipinski definition) is 1. The Bertz CT molecular complexity index is 231. The molecule has 1 amide bonds. The molecule has 0 heterocycles. The summed E-state index contributed by atoms with van der Waals surface area (Å²) < 4.78 is 4.63. The van der Waals surface area contributed by atoms with Crippen molar-refractivity contribution < 1.29 is 14.3 Å². The summed E-state index contributed by atoms with van der Waals surface area (Å²) in [6.45, 7) is 6.56. The van der Waals surface area contributed by atoms with Crippen LogP contribution in [0.5, 0.6) is 0 Å². The van der Waals surface area contributed by atoms with Crippen LogP contribution in [0.2, 0.25) is 0 Å². The third-order valence-corrected chi connectivity index (χ3v) is 4.34. The minimum absolute atomic E-state index is 0.0160. The Labute approximate surface area is 101 Å². The first-order valence-electron chi connectivity index (χ1n) is 5.55. The molecule has 4 nitrogen and oxygen atoms in total. The van der Waals surface area contributed by atoms with Crippen molar-refractivity contribution in [2.24, 2.45) is 0 Å². The van der Waals surface area contributed by atoms with Crippen LogP contribution in [0, 0.1) is 0 Å². The van der Waals surface area contributed by atoms with Gasteiger partial charge in [-0.3, -0.25) is 4.79 Å². The fourth-order valence-electron chi connectivity index (χ4n) is 1.37. The molecular formula is C11H21NO3S. The van der Waals surface area contributed by atoms with Gasteiger partial charge in [-0.15, -0.1) is 0 Å². The van der Waals surface area contributed by atoms with E-state index in [1.165, 1.54) is 0 Å². The van der Waals surface area contributed by atoms with Gasteiger partial charge in [0.1, 0.15) is 0 Å². The van der Waals surface area contributed by atoms with Gasteiger partial charge >= 0.3 is 11.9 Å². The highest BCUT2D eigenvalue weighted by Gasteiger charge is 2.26. The van der Waals surface area contributed by atoms with E-state index in [0.29, 0.717) is 6.54 Å². The van der Waals surface area contributed by atoms with Gasteiger partial charge in [-0.05, 0) is 26.0 Å². The average molecular weight is 247 g/mol. The number of carbonyl (C=O) groups excluding carboxylic acids is 2. The summed E-state index contributed by atoms with van der Waals surface area (Å²) in [6.07, 6.45) is 3.92. The smallest absolute Gasteiger partial charge is 0.396 e. The largest absolute Gasteiger partial charge is 0.459 e. The second kappa shape index (κ2) is 7.54. The standard InChI is InChI=1S/C11H21NO3S/c1-5-11(6-2,16-4)8-12-9(13)10(14)15-7-3/h5-8H2,1-4H3,(H,12,13). The highest BCUT2D eigenvalue weighted by Crippen LogP contribution is 2.29. The number of carbonyl (C=O) groups is 2. The van der Waals surface area contributed by atoms with E-state index in [1.807, 2.05) is 6.26 Å². The summed E-state index contributed by atoms with van der Waals surface area (Å²) >= 11 is 1.72. The molecule has 0 saturated carbocycles. The van der Waals surface area contributed by atoms with Crippen LogP contribution in [0.15, 0.2) is 0 Å². The summed E-state index contributed by atoms with van der Waals surface area (Å²) in [5.74, 6) is -1.45. The lowest BCUT2D eigenvalue weighted by Crippen LogP contribution is -2.42. The third kappa shape index (κ3) is 4.43. The van der Waals surface area contributed by atoms with E-state index in [0.717, 1.165) is 12.8 Å². The number of nitrogens with one attached hydrogen (secondary N) is 1. The van der Waals surface area contributed by atoms with E-state index in [4.69, 9.17) is 0 Å². The van der Waals surface area contributed by atoms with Gasteiger partial charge in [0, 0.05) is 11.3 Å². The van der Waals surface area contributed by atoms with Gasteiger partial charge in [0.05, 0.1) is 6.61 Å². The normalized spacial score (nSPS) is 11.0. The van der Waals surface area contributed by atoms with Crippen molar-refractivity contribution in [3.8, 4) is 0 Å². The molecule has 0 aliphatic carbocycles. The Hall–Kier alpha value is -0.710. The SMILES string of the molecule is CCOC(=O)C(=O)NCC(CC)(CC)SC. The third-order valence-electron chi connectivity index (χ3n) is 2.75. The lowest BCUT2D eigenvalue weighted by molar-refractivity contribution is -0.154. The van der Waals surface area contributed by atoms with E-state index in [9.17, 15) is 9.59 Å². The monoisotopic (exact) mass is 247 g/mol. The van der Waals surface area contributed by atoms with Gasteiger partial charge in [0.2, 0.25) is 0 Å². The Morgan fingerprint density at radius 2 is 1.81 bits per heavy atom. The van der Waals surface area contributed by atoms with Crippen molar-refractivity contribution in [3.63, 3.8) is 0 Å². The van der Waals surface area contributed by atoms with Gasteiger partial charge in [-0.25, -0.2) is 4.79 Å². The van der Waals surface area contributed by atoms with Gasteiger partial charge in [-0.2, -0.15) is 11.8 Å². The number of thioether (sulfide) groups is 1. The van der Waals surface area contributed by atoms with Crippen molar-refractivity contribution in [1.82, 2.24) is 5.32 Å². The van der Waals surface area contributed by atoms with E-state index in [-0.39, 0.29) is 11.4 Å². The molecule has 0 aromatic rings. The van der Waals surface area contributed by atoms with Crippen LogP contribution in [0.3, 0.4) is 0 Å². The molecule has 0 aliphatic heterocycles. The zero-order valence-corrected chi connectivity index (χ0v) is 11.3. The number of rotatable bonds is 6. The maximum atomic E-state index is 11.3. The Kier molecular flexibility index (Phi) is 7.21. The molecule has 0 spiro atoms. The predicted octanol–water partition coefficient (Wildman–Crippen LogP) is 1.59. The zero-order chi connectivity index (χ0) is 12.6. The zero-order valence-electron chi connectivity index (χ0n) is 10.5. The molecule has 0 saturated heterocycles. The minimum atomic E-state index is -0.801. The highest BCUT2D eigenvalue weighted by atomic mass is 32.2. The molecule has 0 unspecified atom stereocenters. The molecular weight excluding hydrogens is 226 g/mol. The quantitative estimate of drug-likeness (QED) is 0.572. The second-order valence-corrected chi connectivity index (χ2v) is 4.77. The van der Waals surface area contributed by atoms with E-state index >= 15 is 0 Å². The predicted molar refractivity (Wildman–Crippen MR) is 66.5 cm³/mol.